The van der Waals surface area contributed by atoms with Crippen molar-refractivity contribution in [2.24, 2.45) is 0 Å². The molecule has 27 heavy (non-hydrogen) atoms. The van der Waals surface area contributed by atoms with E-state index >= 15 is 0 Å². The molecular weight excluding hydrogens is 380 g/mol. The van der Waals surface area contributed by atoms with Gasteiger partial charge in [-0.3, -0.25) is 4.79 Å². The summed E-state index contributed by atoms with van der Waals surface area (Å²) in [5, 5.41) is 3.89. The molecule has 2 aromatic heterocycles. The van der Waals surface area contributed by atoms with E-state index in [-0.39, 0.29) is 5.78 Å². The number of carbonyl (C=O) groups is 1. The third-order valence-corrected chi connectivity index (χ3v) is 5.66. The Morgan fingerprint density at radius 1 is 1.22 bits per heavy atom. The number of hydrogen-bond donors (Lipinski definition) is 0. The molecule has 0 N–H and O–H groups in total. The van der Waals surface area contributed by atoms with E-state index in [1.807, 2.05) is 54.8 Å². The lowest BCUT2D eigenvalue weighted by Crippen LogP contribution is -2.06. The molecule has 0 bridgehead atoms. The molecule has 0 atom stereocenters. The van der Waals surface area contributed by atoms with E-state index < -0.39 is 0 Å². The highest BCUT2D eigenvalue weighted by Gasteiger charge is 2.23. The number of fused-ring (bicyclic) bond motifs is 1. The van der Waals surface area contributed by atoms with Crippen molar-refractivity contribution in [3.8, 4) is 5.75 Å². The first-order valence-electron chi connectivity index (χ1n) is 8.44. The highest BCUT2D eigenvalue weighted by atomic mass is 35.5. The maximum Gasteiger partial charge on any atom is 0.223 e. The fourth-order valence-corrected chi connectivity index (χ4v) is 4.00. The van der Waals surface area contributed by atoms with Gasteiger partial charge in [0.05, 0.1) is 12.7 Å². The van der Waals surface area contributed by atoms with Crippen molar-refractivity contribution in [3.63, 3.8) is 0 Å². The zero-order chi connectivity index (χ0) is 19.0. The Bertz CT molecular complexity index is 1120. The van der Waals surface area contributed by atoms with Crippen LogP contribution in [-0.4, -0.2) is 22.4 Å². The lowest BCUT2D eigenvalue weighted by atomic mass is 10.1. The standard InChI is InChI=1S/C21H17ClN2O2S/c1-13-19(20(25)21-23-9-10-27-21)17-11-16(26-2)7-8-18(17)24(13)12-14-3-5-15(22)6-4-14/h3-11H,12H2,1-2H3. The summed E-state index contributed by atoms with van der Waals surface area (Å²) in [6.45, 7) is 2.63. The normalized spacial score (nSPS) is 11.1. The predicted octanol–water partition coefficient (Wildman–Crippen LogP) is 5.35. The van der Waals surface area contributed by atoms with Gasteiger partial charge >= 0.3 is 0 Å². The van der Waals surface area contributed by atoms with Gasteiger partial charge in [0, 0.05) is 39.7 Å². The maximum absolute atomic E-state index is 13.1. The molecule has 136 valence electrons. The summed E-state index contributed by atoms with van der Waals surface area (Å²) in [5.74, 6) is 0.662. The molecule has 0 radical (unpaired) electrons. The van der Waals surface area contributed by atoms with Gasteiger partial charge in [0.2, 0.25) is 5.78 Å². The molecule has 2 aromatic carbocycles. The van der Waals surface area contributed by atoms with Crippen molar-refractivity contribution in [2.45, 2.75) is 13.5 Å². The predicted molar refractivity (Wildman–Crippen MR) is 109 cm³/mol. The molecule has 4 nitrogen and oxygen atoms in total. The van der Waals surface area contributed by atoms with Gasteiger partial charge in [-0.15, -0.1) is 11.3 Å². The molecule has 4 aromatic rings. The van der Waals surface area contributed by atoms with Crippen LogP contribution in [0.1, 0.15) is 26.6 Å². The van der Waals surface area contributed by atoms with Gasteiger partial charge in [-0.05, 0) is 42.8 Å². The average Bonchev–Trinajstić information content (AvgIpc) is 3.30. The zero-order valence-corrected chi connectivity index (χ0v) is 16.5. The van der Waals surface area contributed by atoms with Crippen molar-refractivity contribution in [3.05, 3.63) is 80.9 Å². The van der Waals surface area contributed by atoms with E-state index in [2.05, 4.69) is 9.55 Å². The van der Waals surface area contributed by atoms with Crippen molar-refractivity contribution >= 4 is 39.6 Å². The summed E-state index contributed by atoms with van der Waals surface area (Å²) in [7, 11) is 1.63. The van der Waals surface area contributed by atoms with Gasteiger partial charge < -0.3 is 9.30 Å². The number of methoxy groups -OCH3 is 1. The average molecular weight is 397 g/mol. The van der Waals surface area contributed by atoms with Gasteiger partial charge in [0.25, 0.3) is 0 Å². The summed E-state index contributed by atoms with van der Waals surface area (Å²) >= 11 is 7.36. The SMILES string of the molecule is COc1ccc2c(c1)c(C(=O)c1nccs1)c(C)n2Cc1ccc(Cl)cc1. The first kappa shape index (κ1) is 17.8. The molecule has 0 spiro atoms. The molecule has 0 aliphatic heterocycles. The molecule has 0 aliphatic rings. The number of hydrogen-bond acceptors (Lipinski definition) is 4. The van der Waals surface area contributed by atoms with Crippen molar-refractivity contribution in [1.29, 1.82) is 0 Å². The van der Waals surface area contributed by atoms with E-state index in [9.17, 15) is 4.79 Å². The summed E-state index contributed by atoms with van der Waals surface area (Å²) in [5.41, 5.74) is 3.69. The summed E-state index contributed by atoms with van der Waals surface area (Å²) in [4.78, 5) is 17.3. The fourth-order valence-electron chi connectivity index (χ4n) is 3.29. The van der Waals surface area contributed by atoms with Crippen LogP contribution in [-0.2, 0) is 6.54 Å². The number of nitrogens with zero attached hydrogens (tertiary/aromatic N) is 2. The zero-order valence-electron chi connectivity index (χ0n) is 14.9. The number of thiazole rings is 1. The van der Waals surface area contributed by atoms with E-state index in [1.165, 1.54) is 11.3 Å². The largest absolute Gasteiger partial charge is 0.497 e. The maximum atomic E-state index is 13.1. The smallest absolute Gasteiger partial charge is 0.223 e. The quantitative estimate of drug-likeness (QED) is 0.427. The second kappa shape index (κ2) is 7.18. The molecular formula is C21H17ClN2O2S. The van der Waals surface area contributed by atoms with E-state index in [0.29, 0.717) is 22.1 Å². The Labute approximate surface area is 166 Å². The minimum Gasteiger partial charge on any atom is -0.497 e. The monoisotopic (exact) mass is 396 g/mol. The Hall–Kier alpha value is -2.63. The number of benzene rings is 2. The van der Waals surface area contributed by atoms with Gasteiger partial charge in [-0.1, -0.05) is 23.7 Å². The lowest BCUT2D eigenvalue weighted by Gasteiger charge is -2.09. The van der Waals surface area contributed by atoms with Crippen LogP contribution in [0.3, 0.4) is 0 Å². The fraction of sp³-hybridized carbons (Fsp3) is 0.143. The van der Waals surface area contributed by atoms with Crippen LogP contribution >= 0.6 is 22.9 Å². The second-order valence-electron chi connectivity index (χ2n) is 6.22. The summed E-state index contributed by atoms with van der Waals surface area (Å²) < 4.78 is 7.53. The topological polar surface area (TPSA) is 44.1 Å². The van der Waals surface area contributed by atoms with E-state index in [1.54, 1.807) is 13.3 Å². The Morgan fingerprint density at radius 2 is 2.00 bits per heavy atom. The number of carbonyl (C=O) groups excluding carboxylic acids is 1. The minimum absolute atomic E-state index is 0.0596. The van der Waals surface area contributed by atoms with Gasteiger partial charge in [-0.25, -0.2) is 4.98 Å². The minimum atomic E-state index is -0.0596. The lowest BCUT2D eigenvalue weighted by molar-refractivity contribution is 0.103. The number of halogens is 1. The van der Waals surface area contributed by atoms with Crippen molar-refractivity contribution in [2.75, 3.05) is 7.11 Å². The van der Waals surface area contributed by atoms with Gasteiger partial charge in [-0.2, -0.15) is 0 Å². The second-order valence-corrected chi connectivity index (χ2v) is 7.55. The van der Waals surface area contributed by atoms with Gasteiger partial charge in [0.15, 0.2) is 5.01 Å². The number of ether oxygens (including phenoxy) is 1. The number of rotatable bonds is 5. The van der Waals surface area contributed by atoms with Crippen LogP contribution in [0.15, 0.2) is 54.0 Å². The Morgan fingerprint density at radius 3 is 2.67 bits per heavy atom. The highest BCUT2D eigenvalue weighted by Crippen LogP contribution is 2.32. The van der Waals surface area contributed by atoms with Crippen LogP contribution < -0.4 is 4.74 Å². The van der Waals surface area contributed by atoms with E-state index in [4.69, 9.17) is 16.3 Å². The van der Waals surface area contributed by atoms with Crippen LogP contribution in [0.5, 0.6) is 5.75 Å². The van der Waals surface area contributed by atoms with Crippen molar-refractivity contribution in [1.82, 2.24) is 9.55 Å². The third-order valence-electron chi connectivity index (χ3n) is 4.64. The highest BCUT2D eigenvalue weighted by molar-refractivity contribution is 7.11. The first-order valence-corrected chi connectivity index (χ1v) is 9.69. The molecule has 0 saturated carbocycles. The van der Waals surface area contributed by atoms with Crippen LogP contribution in [0, 0.1) is 6.92 Å². The molecule has 2 heterocycles. The van der Waals surface area contributed by atoms with Crippen LogP contribution in [0.4, 0.5) is 0 Å². The molecule has 4 rings (SSSR count). The summed E-state index contributed by atoms with van der Waals surface area (Å²) in [6.07, 6.45) is 1.65. The Kier molecular flexibility index (Phi) is 4.72. The number of aromatic nitrogens is 2. The van der Waals surface area contributed by atoms with Crippen LogP contribution in [0.25, 0.3) is 10.9 Å². The molecule has 0 amide bonds. The Balaban J connectivity index is 1.90. The molecule has 0 unspecified atom stereocenters. The molecule has 0 fully saturated rings. The van der Waals surface area contributed by atoms with Gasteiger partial charge in [0.1, 0.15) is 5.75 Å². The summed E-state index contributed by atoms with van der Waals surface area (Å²) in [6, 6.07) is 13.6. The third kappa shape index (κ3) is 3.24. The molecule has 0 aliphatic carbocycles. The first-order chi connectivity index (χ1) is 13.1. The molecule has 0 saturated heterocycles. The van der Waals surface area contributed by atoms with Crippen LogP contribution in [0.2, 0.25) is 5.02 Å². The number of ketones is 1. The molecule has 6 heteroatoms. The van der Waals surface area contributed by atoms with E-state index in [0.717, 1.165) is 27.9 Å². The van der Waals surface area contributed by atoms with Crippen molar-refractivity contribution < 1.29 is 9.53 Å².